The molecule has 1 fully saturated rings. The minimum Gasteiger partial charge on any atom is -0.324 e. The van der Waals surface area contributed by atoms with E-state index in [1.54, 1.807) is 6.07 Å². The summed E-state index contributed by atoms with van der Waals surface area (Å²) in [5.41, 5.74) is -0.519. The Morgan fingerprint density at radius 1 is 0.875 bits per heavy atom. The second kappa shape index (κ2) is 7.94. The highest BCUT2D eigenvalue weighted by atomic mass is 32.2. The highest BCUT2D eigenvalue weighted by Crippen LogP contribution is 2.55. The Morgan fingerprint density at radius 3 is 1.94 bits per heavy atom. The molecule has 1 N–H and O–H groups in total. The number of hydrogen-bond acceptors (Lipinski definition) is 4. The molecular formula is C19H14F7NO3S2. The van der Waals surface area contributed by atoms with Crippen molar-refractivity contribution in [3.63, 3.8) is 0 Å². The van der Waals surface area contributed by atoms with Gasteiger partial charge in [-0.25, -0.2) is 8.42 Å². The van der Waals surface area contributed by atoms with E-state index in [4.69, 9.17) is 0 Å². The minimum atomic E-state index is -6.51. The number of alkyl halides is 7. The smallest absolute Gasteiger partial charge is 0.324 e. The molecule has 2 aromatic carbocycles. The van der Waals surface area contributed by atoms with E-state index in [-0.39, 0.29) is 17.7 Å². The van der Waals surface area contributed by atoms with Crippen LogP contribution in [-0.2, 0) is 14.6 Å². The molecule has 3 rings (SSSR count). The third-order valence-corrected chi connectivity index (χ3v) is 8.38. The summed E-state index contributed by atoms with van der Waals surface area (Å²) in [4.78, 5) is 11.8. The van der Waals surface area contributed by atoms with Crippen molar-refractivity contribution in [2.45, 2.75) is 44.7 Å². The predicted molar refractivity (Wildman–Crippen MR) is 102 cm³/mol. The average molecular weight is 501 g/mol. The van der Waals surface area contributed by atoms with E-state index in [9.17, 15) is 43.9 Å². The van der Waals surface area contributed by atoms with Gasteiger partial charge in [0.1, 0.15) is 0 Å². The van der Waals surface area contributed by atoms with Gasteiger partial charge in [0, 0.05) is 4.90 Å². The number of nitrogens with one attached hydrogen (secondary N) is 1. The van der Waals surface area contributed by atoms with Crippen LogP contribution in [0.15, 0.2) is 64.4 Å². The molecule has 13 heteroatoms. The average Bonchev–Trinajstić information content (AvgIpc) is 3.51. The summed E-state index contributed by atoms with van der Waals surface area (Å²) in [7, 11) is -4.17. The van der Waals surface area contributed by atoms with Crippen LogP contribution in [0.25, 0.3) is 0 Å². The van der Waals surface area contributed by atoms with Crippen LogP contribution in [0, 0.1) is 0 Å². The molecule has 1 saturated carbocycles. The van der Waals surface area contributed by atoms with Crippen LogP contribution in [0.5, 0.6) is 0 Å². The summed E-state index contributed by atoms with van der Waals surface area (Å²) in [6, 6.07) is 11.1. The van der Waals surface area contributed by atoms with Crippen LogP contribution in [0.3, 0.4) is 0 Å². The zero-order chi connectivity index (χ0) is 24.0. The third-order valence-electron chi connectivity index (χ3n) is 4.78. The van der Waals surface area contributed by atoms with E-state index < -0.39 is 60.2 Å². The van der Waals surface area contributed by atoms with Crippen molar-refractivity contribution in [2.24, 2.45) is 0 Å². The molecule has 0 heterocycles. The molecule has 1 aliphatic carbocycles. The summed E-state index contributed by atoms with van der Waals surface area (Å²) in [5, 5.41) is -3.49. The summed E-state index contributed by atoms with van der Waals surface area (Å²) in [6.45, 7) is 0. The number of carbonyl (C=O) groups excluding carboxylic acids is 1. The molecule has 0 saturated heterocycles. The molecule has 32 heavy (non-hydrogen) atoms. The third kappa shape index (κ3) is 4.07. The SMILES string of the molecule is O=C(Nc1ccccc1SC(F)(F)C(F)(F)C(F)(F)F)C1(S(=O)(=O)c2ccccc2)CC1. The first kappa shape index (κ1) is 24.4. The maximum atomic E-state index is 13.8. The first-order valence-electron chi connectivity index (χ1n) is 8.87. The van der Waals surface area contributed by atoms with Crippen molar-refractivity contribution in [1.29, 1.82) is 0 Å². The van der Waals surface area contributed by atoms with Crippen molar-refractivity contribution >= 4 is 33.2 Å². The molecule has 1 amide bonds. The molecule has 4 nitrogen and oxygen atoms in total. The zero-order valence-corrected chi connectivity index (χ0v) is 17.4. The monoisotopic (exact) mass is 501 g/mol. The Balaban J connectivity index is 1.88. The molecule has 0 unspecified atom stereocenters. The topological polar surface area (TPSA) is 63.2 Å². The highest BCUT2D eigenvalue weighted by molar-refractivity contribution is 8.00. The number of hydrogen-bond donors (Lipinski definition) is 1. The van der Waals surface area contributed by atoms with Gasteiger partial charge in [-0.1, -0.05) is 30.3 Å². The van der Waals surface area contributed by atoms with Gasteiger partial charge in [0.15, 0.2) is 14.6 Å². The standard InChI is InChI=1S/C19H14F7NO3S2/c20-17(21,18(22,23)24)19(25,26)31-14-9-5-4-8-13(14)27-15(28)16(10-11-16)32(29,30)12-6-2-1-3-7-12/h1-9H,10-11H2,(H,27,28). The highest BCUT2D eigenvalue weighted by Gasteiger charge is 2.73. The fourth-order valence-corrected chi connectivity index (χ4v) is 5.62. The van der Waals surface area contributed by atoms with Gasteiger partial charge in [-0.15, -0.1) is 0 Å². The molecule has 0 aromatic heterocycles. The lowest BCUT2D eigenvalue weighted by Crippen LogP contribution is -2.50. The number of anilines is 1. The molecule has 1 aliphatic rings. The number of amides is 1. The Kier molecular flexibility index (Phi) is 6.05. The second-order valence-corrected chi connectivity index (χ2v) is 10.4. The Bertz CT molecular complexity index is 1120. The van der Waals surface area contributed by atoms with Gasteiger partial charge >= 0.3 is 17.4 Å². The summed E-state index contributed by atoms with van der Waals surface area (Å²) in [6.07, 6.45) is -6.66. The molecule has 0 bridgehead atoms. The number of rotatable bonds is 7. The molecule has 0 spiro atoms. The van der Waals surface area contributed by atoms with Crippen LogP contribution in [0.1, 0.15) is 12.8 Å². The maximum Gasteiger partial charge on any atom is 0.460 e. The Labute approximate surface area is 182 Å². The lowest BCUT2D eigenvalue weighted by Gasteiger charge is -2.28. The number of halogens is 7. The maximum absolute atomic E-state index is 13.8. The molecule has 0 aliphatic heterocycles. The number of benzene rings is 2. The fourth-order valence-electron chi connectivity index (χ4n) is 2.82. The molecule has 2 aromatic rings. The number of thioether (sulfide) groups is 1. The van der Waals surface area contributed by atoms with Crippen LogP contribution in [0.2, 0.25) is 0 Å². The summed E-state index contributed by atoms with van der Waals surface area (Å²) < 4.78 is 115. The second-order valence-electron chi connectivity index (χ2n) is 6.95. The van der Waals surface area contributed by atoms with E-state index in [0.29, 0.717) is 0 Å². The van der Waals surface area contributed by atoms with E-state index in [1.165, 1.54) is 30.3 Å². The molecular weight excluding hydrogens is 487 g/mol. The van der Waals surface area contributed by atoms with Gasteiger partial charge in [-0.05, 0) is 48.9 Å². The molecule has 0 radical (unpaired) electrons. The number of sulfone groups is 1. The number of para-hydroxylation sites is 1. The van der Waals surface area contributed by atoms with Crippen LogP contribution in [-0.4, -0.2) is 36.4 Å². The van der Waals surface area contributed by atoms with Crippen molar-refractivity contribution in [3.8, 4) is 0 Å². The van der Waals surface area contributed by atoms with Crippen molar-refractivity contribution in [2.75, 3.05) is 5.32 Å². The van der Waals surface area contributed by atoms with Crippen LogP contribution >= 0.6 is 11.8 Å². The van der Waals surface area contributed by atoms with Gasteiger partial charge in [0.05, 0.1) is 10.6 Å². The Hall–Kier alpha value is -2.28. The lowest BCUT2D eigenvalue weighted by atomic mass is 10.3. The molecule has 174 valence electrons. The van der Waals surface area contributed by atoms with Gasteiger partial charge in [-0.3, -0.25) is 4.79 Å². The Morgan fingerprint density at radius 2 is 1.41 bits per heavy atom. The van der Waals surface area contributed by atoms with Gasteiger partial charge in [0.2, 0.25) is 5.91 Å². The summed E-state index contributed by atoms with van der Waals surface area (Å²) in [5.74, 6) is -7.45. The van der Waals surface area contributed by atoms with Crippen molar-refractivity contribution < 1.29 is 43.9 Å². The van der Waals surface area contributed by atoms with Gasteiger partial charge in [0.25, 0.3) is 0 Å². The van der Waals surface area contributed by atoms with E-state index >= 15 is 0 Å². The minimum absolute atomic E-state index is 0.0757. The normalized spacial score (nSPS) is 16.5. The predicted octanol–water partition coefficient (Wildman–Crippen LogP) is 5.51. The van der Waals surface area contributed by atoms with Crippen LogP contribution < -0.4 is 5.32 Å². The quantitative estimate of drug-likeness (QED) is 0.401. The van der Waals surface area contributed by atoms with E-state index in [0.717, 1.165) is 18.2 Å². The van der Waals surface area contributed by atoms with Gasteiger partial charge in [-0.2, -0.15) is 30.7 Å². The zero-order valence-electron chi connectivity index (χ0n) is 15.8. The van der Waals surface area contributed by atoms with Gasteiger partial charge < -0.3 is 5.32 Å². The number of carbonyl (C=O) groups is 1. The lowest BCUT2D eigenvalue weighted by molar-refractivity contribution is -0.330. The molecule has 0 atom stereocenters. The fraction of sp³-hybridized carbons (Fsp3) is 0.316. The van der Waals surface area contributed by atoms with Crippen LogP contribution in [0.4, 0.5) is 36.4 Å². The van der Waals surface area contributed by atoms with Crippen molar-refractivity contribution in [1.82, 2.24) is 0 Å². The largest absolute Gasteiger partial charge is 0.460 e. The van der Waals surface area contributed by atoms with E-state index in [1.807, 2.05) is 0 Å². The first-order chi connectivity index (χ1) is 14.7. The van der Waals surface area contributed by atoms with Crippen molar-refractivity contribution in [3.05, 3.63) is 54.6 Å². The van der Waals surface area contributed by atoms with E-state index in [2.05, 4.69) is 5.32 Å². The first-order valence-corrected chi connectivity index (χ1v) is 11.2. The summed E-state index contributed by atoms with van der Waals surface area (Å²) >= 11 is -1.08.